The summed E-state index contributed by atoms with van der Waals surface area (Å²) in [5, 5.41) is 13.4. The SMILES string of the molecule is CCCCCCCC(C)(O)CNCC(C)C. The molecule has 0 aliphatic heterocycles. The Balaban J connectivity index is 3.46. The second kappa shape index (κ2) is 9.00. The van der Waals surface area contributed by atoms with Gasteiger partial charge in [0.25, 0.3) is 0 Å². The van der Waals surface area contributed by atoms with Gasteiger partial charge in [0.15, 0.2) is 0 Å². The summed E-state index contributed by atoms with van der Waals surface area (Å²) in [6.45, 7) is 10.3. The minimum Gasteiger partial charge on any atom is -0.389 e. The fourth-order valence-electron chi connectivity index (χ4n) is 1.83. The van der Waals surface area contributed by atoms with Crippen molar-refractivity contribution in [3.8, 4) is 0 Å². The van der Waals surface area contributed by atoms with Crippen LogP contribution in [0.15, 0.2) is 0 Å². The van der Waals surface area contributed by atoms with E-state index in [9.17, 15) is 5.11 Å². The number of nitrogens with one attached hydrogen (secondary N) is 1. The average Bonchev–Trinajstić information content (AvgIpc) is 2.16. The predicted molar refractivity (Wildman–Crippen MR) is 71.7 cm³/mol. The topological polar surface area (TPSA) is 32.3 Å². The molecule has 0 rings (SSSR count). The van der Waals surface area contributed by atoms with E-state index in [0.29, 0.717) is 5.92 Å². The molecular formula is C14H31NO. The predicted octanol–water partition coefficient (Wildman–Crippen LogP) is 3.34. The molecule has 0 saturated carbocycles. The first-order valence-corrected chi connectivity index (χ1v) is 6.91. The first-order valence-electron chi connectivity index (χ1n) is 6.91. The highest BCUT2D eigenvalue weighted by Crippen LogP contribution is 2.14. The summed E-state index contributed by atoms with van der Waals surface area (Å²) in [6, 6.07) is 0. The molecule has 0 bridgehead atoms. The van der Waals surface area contributed by atoms with Gasteiger partial charge in [-0.1, -0.05) is 52.9 Å². The average molecular weight is 229 g/mol. The summed E-state index contributed by atoms with van der Waals surface area (Å²) in [5.74, 6) is 0.653. The third-order valence-corrected chi connectivity index (χ3v) is 2.88. The Labute approximate surface area is 102 Å². The lowest BCUT2D eigenvalue weighted by atomic mass is 9.97. The van der Waals surface area contributed by atoms with Gasteiger partial charge in [-0.25, -0.2) is 0 Å². The zero-order valence-corrected chi connectivity index (χ0v) is 11.7. The van der Waals surface area contributed by atoms with Gasteiger partial charge in [0, 0.05) is 6.54 Å². The summed E-state index contributed by atoms with van der Waals surface area (Å²) in [5.41, 5.74) is -0.527. The summed E-state index contributed by atoms with van der Waals surface area (Å²) >= 11 is 0. The highest BCUT2D eigenvalue weighted by molar-refractivity contribution is 4.75. The van der Waals surface area contributed by atoms with Gasteiger partial charge in [0.2, 0.25) is 0 Å². The van der Waals surface area contributed by atoms with Crippen molar-refractivity contribution < 1.29 is 5.11 Å². The van der Waals surface area contributed by atoms with Gasteiger partial charge in [-0.3, -0.25) is 0 Å². The molecule has 0 heterocycles. The third-order valence-electron chi connectivity index (χ3n) is 2.88. The first kappa shape index (κ1) is 15.9. The molecule has 1 unspecified atom stereocenters. The molecule has 2 N–H and O–H groups in total. The summed E-state index contributed by atoms with van der Waals surface area (Å²) in [6.07, 6.45) is 7.25. The highest BCUT2D eigenvalue weighted by atomic mass is 16.3. The normalized spacial score (nSPS) is 15.4. The maximum atomic E-state index is 10.1. The number of hydrogen-bond donors (Lipinski definition) is 2. The van der Waals surface area contributed by atoms with E-state index in [4.69, 9.17) is 0 Å². The van der Waals surface area contributed by atoms with E-state index in [2.05, 4.69) is 26.1 Å². The molecule has 0 aromatic rings. The third kappa shape index (κ3) is 10.4. The van der Waals surface area contributed by atoms with Crippen molar-refractivity contribution in [2.24, 2.45) is 5.92 Å². The molecule has 0 aliphatic carbocycles. The fraction of sp³-hybridized carbons (Fsp3) is 1.00. The first-order chi connectivity index (χ1) is 7.48. The second-order valence-electron chi connectivity index (χ2n) is 5.69. The highest BCUT2D eigenvalue weighted by Gasteiger charge is 2.18. The molecule has 2 nitrogen and oxygen atoms in total. The van der Waals surface area contributed by atoms with E-state index < -0.39 is 5.60 Å². The Morgan fingerprint density at radius 1 is 1.12 bits per heavy atom. The van der Waals surface area contributed by atoms with Crippen molar-refractivity contribution in [3.63, 3.8) is 0 Å². The van der Waals surface area contributed by atoms with Gasteiger partial charge >= 0.3 is 0 Å². The van der Waals surface area contributed by atoms with E-state index >= 15 is 0 Å². The van der Waals surface area contributed by atoms with Crippen LogP contribution in [0, 0.1) is 5.92 Å². The van der Waals surface area contributed by atoms with Crippen molar-refractivity contribution >= 4 is 0 Å². The Hall–Kier alpha value is -0.0800. The Morgan fingerprint density at radius 2 is 1.75 bits per heavy atom. The van der Waals surface area contributed by atoms with E-state index in [1.54, 1.807) is 0 Å². The molecule has 2 heteroatoms. The maximum Gasteiger partial charge on any atom is 0.0743 e. The minimum absolute atomic E-state index is 0.527. The van der Waals surface area contributed by atoms with Crippen LogP contribution in [0.1, 0.15) is 66.2 Å². The van der Waals surface area contributed by atoms with Crippen LogP contribution in [0.5, 0.6) is 0 Å². The second-order valence-corrected chi connectivity index (χ2v) is 5.69. The quantitative estimate of drug-likeness (QED) is 0.563. The molecule has 0 spiro atoms. The van der Waals surface area contributed by atoms with E-state index in [0.717, 1.165) is 25.9 Å². The van der Waals surface area contributed by atoms with Crippen molar-refractivity contribution in [1.29, 1.82) is 0 Å². The molecule has 1 atom stereocenters. The van der Waals surface area contributed by atoms with Crippen LogP contribution in [0.4, 0.5) is 0 Å². The lowest BCUT2D eigenvalue weighted by molar-refractivity contribution is 0.0475. The van der Waals surface area contributed by atoms with Crippen LogP contribution in [0.25, 0.3) is 0 Å². The van der Waals surface area contributed by atoms with Crippen molar-refractivity contribution in [2.45, 2.75) is 71.8 Å². The zero-order valence-electron chi connectivity index (χ0n) is 11.7. The van der Waals surface area contributed by atoms with Crippen LogP contribution >= 0.6 is 0 Å². The maximum absolute atomic E-state index is 10.1. The smallest absolute Gasteiger partial charge is 0.0743 e. The Bertz CT molecular complexity index is 155. The fourth-order valence-corrected chi connectivity index (χ4v) is 1.83. The van der Waals surface area contributed by atoms with Gasteiger partial charge in [-0.05, 0) is 25.8 Å². The lowest BCUT2D eigenvalue weighted by Gasteiger charge is -2.24. The van der Waals surface area contributed by atoms with Gasteiger partial charge in [-0.2, -0.15) is 0 Å². The number of hydrogen-bond acceptors (Lipinski definition) is 2. The van der Waals surface area contributed by atoms with Crippen LogP contribution < -0.4 is 5.32 Å². The number of rotatable bonds is 10. The van der Waals surface area contributed by atoms with Crippen LogP contribution in [-0.2, 0) is 0 Å². The minimum atomic E-state index is -0.527. The lowest BCUT2D eigenvalue weighted by Crippen LogP contribution is -2.39. The van der Waals surface area contributed by atoms with Crippen LogP contribution in [0.2, 0.25) is 0 Å². The standard InChI is InChI=1S/C14H31NO/c1-5-6-7-8-9-10-14(4,16)12-15-11-13(2)3/h13,15-16H,5-12H2,1-4H3. The Morgan fingerprint density at radius 3 is 2.31 bits per heavy atom. The summed E-state index contributed by atoms with van der Waals surface area (Å²) < 4.78 is 0. The molecular weight excluding hydrogens is 198 g/mol. The molecule has 0 saturated heterocycles. The van der Waals surface area contributed by atoms with Crippen molar-refractivity contribution in [3.05, 3.63) is 0 Å². The van der Waals surface area contributed by atoms with E-state index in [1.807, 2.05) is 6.92 Å². The summed E-state index contributed by atoms with van der Waals surface area (Å²) in [4.78, 5) is 0. The van der Waals surface area contributed by atoms with Crippen LogP contribution in [-0.4, -0.2) is 23.8 Å². The number of unbranched alkanes of at least 4 members (excludes halogenated alkanes) is 4. The van der Waals surface area contributed by atoms with Gasteiger partial charge in [-0.15, -0.1) is 0 Å². The van der Waals surface area contributed by atoms with Crippen molar-refractivity contribution in [1.82, 2.24) is 5.32 Å². The largest absolute Gasteiger partial charge is 0.389 e. The van der Waals surface area contributed by atoms with Gasteiger partial charge in [0.1, 0.15) is 0 Å². The van der Waals surface area contributed by atoms with E-state index in [1.165, 1.54) is 25.7 Å². The zero-order chi connectivity index (χ0) is 12.4. The molecule has 0 amide bonds. The molecule has 0 fully saturated rings. The van der Waals surface area contributed by atoms with E-state index in [-0.39, 0.29) is 0 Å². The monoisotopic (exact) mass is 229 g/mol. The molecule has 16 heavy (non-hydrogen) atoms. The number of aliphatic hydroxyl groups is 1. The Kier molecular flexibility index (Phi) is 8.96. The van der Waals surface area contributed by atoms with Gasteiger partial charge in [0.05, 0.1) is 5.60 Å². The van der Waals surface area contributed by atoms with Gasteiger partial charge < -0.3 is 10.4 Å². The molecule has 98 valence electrons. The summed E-state index contributed by atoms with van der Waals surface area (Å²) in [7, 11) is 0. The molecule has 0 aliphatic rings. The molecule has 0 aromatic heterocycles. The molecule has 0 radical (unpaired) electrons. The van der Waals surface area contributed by atoms with Crippen molar-refractivity contribution in [2.75, 3.05) is 13.1 Å². The molecule has 0 aromatic carbocycles. The van der Waals surface area contributed by atoms with Crippen LogP contribution in [0.3, 0.4) is 0 Å².